The average Bonchev–Trinajstić information content (AvgIpc) is 2.66. The fraction of sp³-hybridized carbons (Fsp3) is 0.100. The number of benzene rings is 1. The molecule has 0 radical (unpaired) electrons. The lowest BCUT2D eigenvalue weighted by molar-refractivity contribution is 0.381. The van der Waals surface area contributed by atoms with E-state index in [1.54, 1.807) is 23.0 Å². The van der Waals surface area contributed by atoms with Crippen LogP contribution in [0.4, 0.5) is 22.9 Å². The Kier molecular flexibility index (Phi) is 4.91. The number of nitrogens with zero attached hydrogens (tertiary/aromatic N) is 2. The Morgan fingerprint density at radius 3 is 2.30 bits per heavy atom. The number of rotatable bonds is 2. The van der Waals surface area contributed by atoms with Crippen LogP contribution in [0.15, 0.2) is 30.5 Å². The van der Waals surface area contributed by atoms with Gasteiger partial charge in [0.1, 0.15) is 5.82 Å². The first kappa shape index (κ1) is 15.8. The van der Waals surface area contributed by atoms with Crippen LogP contribution in [0, 0.1) is 0 Å². The predicted octanol–water partition coefficient (Wildman–Crippen LogP) is 0.675. The molecule has 1 aromatic heterocycles. The molecule has 0 saturated heterocycles. The third kappa shape index (κ3) is 5.56. The van der Waals surface area contributed by atoms with Crippen LogP contribution < -0.4 is 16.8 Å². The highest BCUT2D eigenvalue weighted by molar-refractivity contribution is 7.79. The van der Waals surface area contributed by atoms with Gasteiger partial charge in [-0.05, 0) is 18.2 Å². The van der Waals surface area contributed by atoms with Gasteiger partial charge >= 0.3 is 10.4 Å². The highest BCUT2D eigenvalue weighted by Crippen LogP contribution is 2.24. The van der Waals surface area contributed by atoms with Crippen LogP contribution in [0.5, 0.6) is 0 Å². The maximum absolute atomic E-state index is 8.74. The second-order valence-corrected chi connectivity index (χ2v) is 4.66. The average molecular weight is 301 g/mol. The SMILES string of the molecule is Cn1nccc1Nc1ccc(N)cc1N.O=S(=O)(O)O. The second-order valence-electron chi connectivity index (χ2n) is 3.76. The van der Waals surface area contributed by atoms with Gasteiger partial charge in [-0.1, -0.05) is 0 Å². The summed E-state index contributed by atoms with van der Waals surface area (Å²) in [4.78, 5) is 0. The Hall–Kier alpha value is -2.30. The molecule has 0 aliphatic carbocycles. The van der Waals surface area contributed by atoms with Gasteiger partial charge in [-0.25, -0.2) is 0 Å². The molecule has 0 bridgehead atoms. The van der Waals surface area contributed by atoms with Crippen LogP contribution in [0.2, 0.25) is 0 Å². The summed E-state index contributed by atoms with van der Waals surface area (Å²) in [6, 6.07) is 7.24. The zero-order chi connectivity index (χ0) is 15.3. The maximum Gasteiger partial charge on any atom is 0.394 e. The molecule has 0 unspecified atom stereocenters. The summed E-state index contributed by atoms with van der Waals surface area (Å²) in [5.41, 5.74) is 13.5. The summed E-state index contributed by atoms with van der Waals surface area (Å²) in [7, 11) is -2.81. The minimum absolute atomic E-state index is 0.621. The third-order valence-corrected chi connectivity index (χ3v) is 2.16. The van der Waals surface area contributed by atoms with Crippen molar-refractivity contribution in [2.45, 2.75) is 0 Å². The van der Waals surface area contributed by atoms with Crippen molar-refractivity contribution in [3.05, 3.63) is 30.5 Å². The van der Waals surface area contributed by atoms with E-state index in [1.807, 2.05) is 19.2 Å². The quantitative estimate of drug-likeness (QED) is 0.400. The minimum atomic E-state index is -4.67. The Balaban J connectivity index is 0.000000347. The topological polar surface area (TPSA) is 156 Å². The van der Waals surface area contributed by atoms with Crippen molar-refractivity contribution in [3.63, 3.8) is 0 Å². The first-order valence-corrected chi connectivity index (χ1v) is 6.66. The number of hydrogen-bond donors (Lipinski definition) is 5. The van der Waals surface area contributed by atoms with Gasteiger partial charge in [0, 0.05) is 18.8 Å². The molecule has 1 heterocycles. The summed E-state index contributed by atoms with van der Waals surface area (Å²) in [6.45, 7) is 0. The smallest absolute Gasteiger partial charge is 0.394 e. The molecule has 110 valence electrons. The number of hydrogen-bond acceptors (Lipinski definition) is 6. The van der Waals surface area contributed by atoms with E-state index >= 15 is 0 Å². The van der Waals surface area contributed by atoms with Crippen molar-refractivity contribution in [2.24, 2.45) is 7.05 Å². The van der Waals surface area contributed by atoms with Crippen LogP contribution in [0.1, 0.15) is 0 Å². The molecule has 10 heteroatoms. The monoisotopic (exact) mass is 301 g/mol. The molecule has 0 aliphatic heterocycles. The van der Waals surface area contributed by atoms with Crippen molar-refractivity contribution in [2.75, 3.05) is 16.8 Å². The number of anilines is 4. The molecule has 1 aromatic carbocycles. The van der Waals surface area contributed by atoms with Crippen molar-refractivity contribution >= 4 is 33.3 Å². The molecule has 0 spiro atoms. The van der Waals surface area contributed by atoms with E-state index in [0.29, 0.717) is 11.4 Å². The third-order valence-electron chi connectivity index (χ3n) is 2.16. The molecular formula is C10H15N5O4S. The fourth-order valence-electron chi connectivity index (χ4n) is 1.33. The Bertz CT molecular complexity index is 675. The summed E-state index contributed by atoms with van der Waals surface area (Å²) in [6.07, 6.45) is 1.72. The van der Waals surface area contributed by atoms with Gasteiger partial charge in [-0.2, -0.15) is 13.5 Å². The first-order valence-electron chi connectivity index (χ1n) is 5.26. The van der Waals surface area contributed by atoms with E-state index < -0.39 is 10.4 Å². The van der Waals surface area contributed by atoms with Crippen LogP contribution >= 0.6 is 0 Å². The van der Waals surface area contributed by atoms with Crippen molar-refractivity contribution in [1.82, 2.24) is 9.78 Å². The standard InChI is InChI=1S/C10H13N5.H2O4S/c1-15-10(4-5-13-15)14-9-3-2-7(11)6-8(9)12;1-5(2,3)4/h2-6,14H,11-12H2,1H3;(H2,1,2,3,4). The molecule has 0 saturated carbocycles. The van der Waals surface area contributed by atoms with E-state index in [2.05, 4.69) is 10.4 Å². The van der Waals surface area contributed by atoms with E-state index in [4.69, 9.17) is 29.0 Å². The highest BCUT2D eigenvalue weighted by Gasteiger charge is 2.02. The molecule has 2 aromatic rings. The fourth-order valence-corrected chi connectivity index (χ4v) is 1.33. The molecule has 0 amide bonds. The molecular weight excluding hydrogens is 286 g/mol. The van der Waals surface area contributed by atoms with Gasteiger partial charge in [0.05, 0.1) is 17.6 Å². The number of nitrogens with two attached hydrogens (primary N) is 2. The van der Waals surface area contributed by atoms with Crippen molar-refractivity contribution in [3.8, 4) is 0 Å². The van der Waals surface area contributed by atoms with Gasteiger partial charge in [-0.3, -0.25) is 13.8 Å². The second kappa shape index (κ2) is 6.23. The number of nitrogen functional groups attached to an aromatic ring is 2. The highest BCUT2D eigenvalue weighted by atomic mass is 32.3. The maximum atomic E-state index is 8.74. The van der Waals surface area contributed by atoms with Crippen LogP contribution in [0.25, 0.3) is 0 Å². The Morgan fingerprint density at radius 2 is 1.85 bits per heavy atom. The number of nitrogens with one attached hydrogen (secondary N) is 1. The Labute approximate surface area is 115 Å². The zero-order valence-corrected chi connectivity index (χ0v) is 11.4. The number of aromatic nitrogens is 2. The predicted molar refractivity (Wildman–Crippen MR) is 75.9 cm³/mol. The lowest BCUT2D eigenvalue weighted by Gasteiger charge is -2.09. The molecule has 0 fully saturated rings. The molecule has 2 rings (SSSR count). The van der Waals surface area contributed by atoms with Crippen LogP contribution in [-0.2, 0) is 17.4 Å². The van der Waals surface area contributed by atoms with Crippen molar-refractivity contribution in [1.29, 1.82) is 0 Å². The van der Waals surface area contributed by atoms with Gasteiger partial charge in [-0.15, -0.1) is 0 Å². The van der Waals surface area contributed by atoms with Gasteiger partial charge in [0.15, 0.2) is 0 Å². The molecule has 9 nitrogen and oxygen atoms in total. The van der Waals surface area contributed by atoms with Gasteiger partial charge < -0.3 is 16.8 Å². The van der Waals surface area contributed by atoms with E-state index in [0.717, 1.165) is 11.5 Å². The molecule has 20 heavy (non-hydrogen) atoms. The van der Waals surface area contributed by atoms with E-state index in [-0.39, 0.29) is 0 Å². The molecule has 0 aliphatic rings. The largest absolute Gasteiger partial charge is 0.399 e. The zero-order valence-electron chi connectivity index (χ0n) is 10.6. The summed E-state index contributed by atoms with van der Waals surface area (Å²) in [5, 5.41) is 7.22. The summed E-state index contributed by atoms with van der Waals surface area (Å²) in [5.74, 6) is 0.881. The van der Waals surface area contributed by atoms with Crippen LogP contribution in [0.3, 0.4) is 0 Å². The lowest BCUT2D eigenvalue weighted by atomic mass is 10.2. The lowest BCUT2D eigenvalue weighted by Crippen LogP contribution is -2.02. The van der Waals surface area contributed by atoms with Crippen molar-refractivity contribution < 1.29 is 17.5 Å². The summed E-state index contributed by atoms with van der Waals surface area (Å²) >= 11 is 0. The van der Waals surface area contributed by atoms with E-state index in [9.17, 15) is 0 Å². The summed E-state index contributed by atoms with van der Waals surface area (Å²) < 4.78 is 33.3. The first-order chi connectivity index (χ1) is 9.16. The minimum Gasteiger partial charge on any atom is -0.399 e. The van der Waals surface area contributed by atoms with Gasteiger partial charge in [0.2, 0.25) is 0 Å². The van der Waals surface area contributed by atoms with Crippen LogP contribution in [-0.4, -0.2) is 27.3 Å². The Morgan fingerprint density at radius 1 is 1.25 bits per heavy atom. The normalized spacial score (nSPS) is 10.6. The molecule has 7 N–H and O–H groups in total. The van der Waals surface area contributed by atoms with Gasteiger partial charge in [0.25, 0.3) is 0 Å². The number of aryl methyl sites for hydroxylation is 1. The van der Waals surface area contributed by atoms with E-state index in [1.165, 1.54) is 0 Å². The molecule has 0 atom stereocenters.